The Labute approximate surface area is 110 Å². The van der Waals surface area contributed by atoms with Gasteiger partial charge < -0.3 is 4.74 Å². The van der Waals surface area contributed by atoms with Crippen LogP contribution in [0.3, 0.4) is 0 Å². The fourth-order valence-corrected chi connectivity index (χ4v) is 2.07. The molecule has 0 aliphatic heterocycles. The Morgan fingerprint density at radius 2 is 2.06 bits per heavy atom. The van der Waals surface area contributed by atoms with E-state index >= 15 is 0 Å². The Morgan fingerprint density at radius 3 is 2.62 bits per heavy atom. The van der Waals surface area contributed by atoms with Crippen molar-refractivity contribution in [3.05, 3.63) is 21.1 Å². The highest BCUT2D eigenvalue weighted by atomic mass is 79.9. The van der Waals surface area contributed by atoms with E-state index in [4.69, 9.17) is 16.3 Å². The molecule has 0 aliphatic carbocycles. The van der Waals surface area contributed by atoms with Gasteiger partial charge in [-0.2, -0.15) is 0 Å². The zero-order valence-electron chi connectivity index (χ0n) is 9.76. The molecule has 0 amide bonds. The van der Waals surface area contributed by atoms with Gasteiger partial charge in [0.25, 0.3) is 0 Å². The highest BCUT2D eigenvalue weighted by Crippen LogP contribution is 2.28. The third kappa shape index (κ3) is 3.68. The molecule has 16 heavy (non-hydrogen) atoms. The lowest BCUT2D eigenvalue weighted by atomic mass is 10.1. The molecule has 1 rings (SSSR count). The van der Waals surface area contributed by atoms with Gasteiger partial charge in [0.05, 0.1) is 10.2 Å². The van der Waals surface area contributed by atoms with Crippen LogP contribution in [0, 0.1) is 0 Å². The van der Waals surface area contributed by atoms with Crippen LogP contribution < -0.4 is 0 Å². The van der Waals surface area contributed by atoms with Crippen LogP contribution in [0.5, 0.6) is 0 Å². The minimum Gasteiger partial charge on any atom is -0.373 e. The average molecular weight is 308 g/mol. The smallest absolute Gasteiger partial charge is 0.156 e. The molecular weight excluding hydrogens is 291 g/mol. The van der Waals surface area contributed by atoms with Crippen molar-refractivity contribution in [1.82, 2.24) is 9.97 Å². The van der Waals surface area contributed by atoms with Gasteiger partial charge in [-0.05, 0) is 28.3 Å². The topological polar surface area (TPSA) is 35.0 Å². The van der Waals surface area contributed by atoms with Gasteiger partial charge in [0.2, 0.25) is 0 Å². The van der Waals surface area contributed by atoms with Gasteiger partial charge in [-0.15, -0.1) is 0 Å². The molecule has 0 N–H and O–H groups in total. The maximum atomic E-state index is 6.02. The van der Waals surface area contributed by atoms with Crippen LogP contribution in [0.2, 0.25) is 5.15 Å². The molecule has 0 fully saturated rings. The van der Waals surface area contributed by atoms with Crippen LogP contribution >= 0.6 is 27.5 Å². The second kappa shape index (κ2) is 6.52. The standard InChI is InChI=1S/C11H16BrClN2O/c1-4-5-16-6-8-14-10(7(2)3)9(12)11(13)15-8/h7H,4-6H2,1-3H3. The van der Waals surface area contributed by atoms with Crippen LogP contribution in [0.25, 0.3) is 0 Å². The number of halogens is 2. The summed E-state index contributed by atoms with van der Waals surface area (Å²) in [4.78, 5) is 8.61. The molecule has 1 aromatic rings. The van der Waals surface area contributed by atoms with Crippen LogP contribution in [0.15, 0.2) is 4.47 Å². The van der Waals surface area contributed by atoms with Gasteiger partial charge in [0.15, 0.2) is 5.82 Å². The number of aromatic nitrogens is 2. The maximum absolute atomic E-state index is 6.02. The Hall–Kier alpha value is -0.190. The molecule has 1 heterocycles. The lowest BCUT2D eigenvalue weighted by molar-refractivity contribution is 0.116. The van der Waals surface area contributed by atoms with Crippen molar-refractivity contribution < 1.29 is 4.74 Å². The van der Waals surface area contributed by atoms with E-state index in [1.165, 1.54) is 0 Å². The number of hydrogen-bond acceptors (Lipinski definition) is 3. The van der Waals surface area contributed by atoms with Gasteiger partial charge in [0, 0.05) is 6.61 Å². The third-order valence-electron chi connectivity index (χ3n) is 2.01. The first-order valence-corrected chi connectivity index (χ1v) is 6.52. The fraction of sp³-hybridized carbons (Fsp3) is 0.636. The van der Waals surface area contributed by atoms with Crippen molar-refractivity contribution in [1.29, 1.82) is 0 Å². The molecule has 5 heteroatoms. The van der Waals surface area contributed by atoms with Crippen molar-refractivity contribution in [3.8, 4) is 0 Å². The molecule has 3 nitrogen and oxygen atoms in total. The Balaban J connectivity index is 2.86. The summed E-state index contributed by atoms with van der Waals surface area (Å²) in [5, 5.41) is 0.453. The number of hydrogen-bond donors (Lipinski definition) is 0. The molecule has 0 spiro atoms. The van der Waals surface area contributed by atoms with Crippen molar-refractivity contribution in [3.63, 3.8) is 0 Å². The Bertz CT molecular complexity index is 358. The molecule has 1 aromatic heterocycles. The lowest BCUT2D eigenvalue weighted by Gasteiger charge is -2.10. The minimum absolute atomic E-state index is 0.305. The van der Waals surface area contributed by atoms with Gasteiger partial charge in [-0.3, -0.25) is 0 Å². The third-order valence-corrected chi connectivity index (χ3v) is 3.29. The SMILES string of the molecule is CCCOCc1nc(Cl)c(Br)c(C(C)C)n1. The highest BCUT2D eigenvalue weighted by molar-refractivity contribution is 9.10. The quantitative estimate of drug-likeness (QED) is 0.610. The van der Waals surface area contributed by atoms with E-state index in [1.54, 1.807) is 0 Å². The first-order valence-electron chi connectivity index (χ1n) is 5.35. The molecule has 0 saturated heterocycles. The van der Waals surface area contributed by atoms with E-state index in [2.05, 4.69) is 46.7 Å². The van der Waals surface area contributed by atoms with E-state index in [9.17, 15) is 0 Å². The minimum atomic E-state index is 0.305. The molecular formula is C11H16BrClN2O. The molecule has 0 radical (unpaired) electrons. The van der Waals surface area contributed by atoms with E-state index < -0.39 is 0 Å². The Morgan fingerprint density at radius 1 is 1.38 bits per heavy atom. The highest BCUT2D eigenvalue weighted by Gasteiger charge is 2.13. The molecule has 0 aromatic carbocycles. The van der Waals surface area contributed by atoms with Crippen molar-refractivity contribution in [2.45, 2.75) is 39.7 Å². The largest absolute Gasteiger partial charge is 0.373 e. The van der Waals surface area contributed by atoms with Gasteiger partial charge in [0.1, 0.15) is 11.8 Å². The summed E-state index contributed by atoms with van der Waals surface area (Å²) in [6.45, 7) is 7.34. The number of ether oxygens (including phenoxy) is 1. The summed E-state index contributed by atoms with van der Waals surface area (Å²) in [5.41, 5.74) is 0.926. The second-order valence-corrected chi connectivity index (χ2v) is 4.99. The predicted molar refractivity (Wildman–Crippen MR) is 68.8 cm³/mol. The van der Waals surface area contributed by atoms with Crippen molar-refractivity contribution >= 4 is 27.5 Å². The van der Waals surface area contributed by atoms with E-state index in [0.29, 0.717) is 30.1 Å². The van der Waals surface area contributed by atoms with E-state index in [0.717, 1.165) is 16.6 Å². The number of rotatable bonds is 5. The average Bonchev–Trinajstić information content (AvgIpc) is 2.23. The molecule has 0 atom stereocenters. The molecule has 0 unspecified atom stereocenters. The summed E-state index contributed by atoms with van der Waals surface area (Å²) >= 11 is 9.42. The molecule has 0 bridgehead atoms. The first kappa shape index (κ1) is 13.9. The molecule has 0 saturated carbocycles. The van der Waals surface area contributed by atoms with Crippen LogP contribution in [0.1, 0.15) is 44.6 Å². The Kier molecular flexibility index (Phi) is 5.66. The molecule has 90 valence electrons. The predicted octanol–water partition coefficient (Wildman–Crippen LogP) is 3.94. The lowest BCUT2D eigenvalue weighted by Crippen LogP contribution is -2.05. The van der Waals surface area contributed by atoms with E-state index in [1.807, 2.05) is 0 Å². The van der Waals surface area contributed by atoms with Crippen LogP contribution in [-0.2, 0) is 11.3 Å². The first-order chi connectivity index (χ1) is 7.56. The summed E-state index contributed by atoms with van der Waals surface area (Å²) < 4.78 is 6.18. The summed E-state index contributed by atoms with van der Waals surface area (Å²) in [5.74, 6) is 0.949. The zero-order chi connectivity index (χ0) is 12.1. The van der Waals surface area contributed by atoms with E-state index in [-0.39, 0.29) is 0 Å². The second-order valence-electron chi connectivity index (χ2n) is 3.84. The normalized spacial score (nSPS) is 11.1. The van der Waals surface area contributed by atoms with Gasteiger partial charge >= 0.3 is 0 Å². The van der Waals surface area contributed by atoms with Crippen molar-refractivity contribution in [2.75, 3.05) is 6.61 Å². The number of nitrogens with zero attached hydrogens (tertiary/aromatic N) is 2. The summed E-state index contributed by atoms with van der Waals surface area (Å²) in [6, 6.07) is 0. The maximum Gasteiger partial charge on any atom is 0.156 e. The molecule has 0 aliphatic rings. The summed E-state index contributed by atoms with van der Waals surface area (Å²) in [7, 11) is 0. The summed E-state index contributed by atoms with van der Waals surface area (Å²) in [6.07, 6.45) is 0.987. The fourth-order valence-electron chi connectivity index (χ4n) is 1.24. The van der Waals surface area contributed by atoms with Crippen molar-refractivity contribution in [2.24, 2.45) is 0 Å². The van der Waals surface area contributed by atoms with Crippen LogP contribution in [-0.4, -0.2) is 16.6 Å². The monoisotopic (exact) mass is 306 g/mol. The van der Waals surface area contributed by atoms with Gasteiger partial charge in [-0.1, -0.05) is 32.4 Å². The van der Waals surface area contributed by atoms with Gasteiger partial charge in [-0.25, -0.2) is 9.97 Å². The van der Waals surface area contributed by atoms with Crippen LogP contribution in [0.4, 0.5) is 0 Å². The zero-order valence-corrected chi connectivity index (χ0v) is 12.1.